The van der Waals surface area contributed by atoms with E-state index in [2.05, 4.69) is 20.6 Å². The fourth-order valence-electron chi connectivity index (χ4n) is 2.19. The van der Waals surface area contributed by atoms with Crippen LogP contribution in [0, 0.1) is 0 Å². The van der Waals surface area contributed by atoms with Crippen molar-refractivity contribution in [3.63, 3.8) is 0 Å². The molecule has 9 heteroatoms. The number of rotatable bonds is 6. The van der Waals surface area contributed by atoms with Gasteiger partial charge in [-0.25, -0.2) is 9.98 Å². The number of hydrogen-bond acceptors (Lipinski definition) is 2. The van der Waals surface area contributed by atoms with Gasteiger partial charge in [-0.05, 0) is 42.7 Å². The fourth-order valence-corrected chi connectivity index (χ4v) is 2.30. The van der Waals surface area contributed by atoms with Gasteiger partial charge in [-0.2, -0.15) is 13.2 Å². The van der Waals surface area contributed by atoms with Gasteiger partial charge in [0.2, 0.25) is 0 Å². The van der Waals surface area contributed by atoms with E-state index in [0.717, 1.165) is 24.1 Å². The maximum Gasteiger partial charge on any atom is 0.416 e. The third-order valence-electron chi connectivity index (χ3n) is 3.54. The zero-order valence-electron chi connectivity index (χ0n) is 14.7. The molecule has 4 nitrogen and oxygen atoms in total. The molecule has 1 heterocycles. The number of nitrogens with zero attached hydrogens (tertiary/aromatic N) is 2. The number of nitrogens with one attached hydrogen (secondary N) is 2. The van der Waals surface area contributed by atoms with Gasteiger partial charge in [0.1, 0.15) is 5.15 Å². The number of hydrogen-bond donors (Lipinski definition) is 2. The van der Waals surface area contributed by atoms with E-state index in [9.17, 15) is 13.2 Å². The Bertz CT molecular complexity index is 719. The molecule has 0 aliphatic heterocycles. The lowest BCUT2D eigenvalue weighted by molar-refractivity contribution is -0.137. The Balaban J connectivity index is 0.00000364. The second-order valence-electron chi connectivity index (χ2n) is 5.56. The van der Waals surface area contributed by atoms with Crippen molar-refractivity contribution in [1.82, 2.24) is 15.6 Å². The first-order valence-corrected chi connectivity index (χ1v) is 8.55. The molecule has 0 spiro atoms. The van der Waals surface area contributed by atoms with Crippen molar-refractivity contribution in [2.45, 2.75) is 26.1 Å². The van der Waals surface area contributed by atoms with Crippen LogP contribution in [-0.4, -0.2) is 24.0 Å². The average molecular weight is 513 g/mol. The molecule has 2 rings (SSSR count). The van der Waals surface area contributed by atoms with E-state index >= 15 is 0 Å². The Hall–Kier alpha value is -1.55. The molecule has 0 bridgehead atoms. The van der Waals surface area contributed by atoms with E-state index in [0.29, 0.717) is 29.8 Å². The normalized spacial score (nSPS) is 11.7. The minimum absolute atomic E-state index is 0. The maximum absolute atomic E-state index is 12.6. The van der Waals surface area contributed by atoms with Crippen LogP contribution in [0.4, 0.5) is 13.2 Å². The van der Waals surface area contributed by atoms with Crippen molar-refractivity contribution in [1.29, 1.82) is 0 Å². The van der Waals surface area contributed by atoms with Crippen molar-refractivity contribution in [2.24, 2.45) is 4.99 Å². The topological polar surface area (TPSA) is 49.3 Å². The van der Waals surface area contributed by atoms with E-state index in [1.165, 1.54) is 12.1 Å². The van der Waals surface area contributed by atoms with E-state index in [4.69, 9.17) is 11.6 Å². The summed E-state index contributed by atoms with van der Waals surface area (Å²) in [6.07, 6.45) is -1.86. The molecule has 0 fully saturated rings. The van der Waals surface area contributed by atoms with E-state index in [1.54, 1.807) is 12.3 Å². The molecular formula is C18H21ClF3IN4. The van der Waals surface area contributed by atoms with Crippen LogP contribution in [0.15, 0.2) is 47.6 Å². The predicted octanol–water partition coefficient (Wildman–Crippen LogP) is 4.67. The summed E-state index contributed by atoms with van der Waals surface area (Å²) in [4.78, 5) is 8.42. The summed E-state index contributed by atoms with van der Waals surface area (Å²) in [5.74, 6) is 0.606. The minimum atomic E-state index is -4.32. The molecule has 0 radical (unpaired) electrons. The SMILES string of the molecule is CCNC(=NCc1ccc(C(F)(F)F)cc1)NCCc1ccc(Cl)nc1.I. The van der Waals surface area contributed by atoms with Gasteiger partial charge in [0.15, 0.2) is 5.96 Å². The van der Waals surface area contributed by atoms with Crippen LogP contribution in [-0.2, 0) is 19.1 Å². The lowest BCUT2D eigenvalue weighted by atomic mass is 10.1. The molecule has 2 N–H and O–H groups in total. The van der Waals surface area contributed by atoms with Crippen LogP contribution < -0.4 is 10.6 Å². The second kappa shape index (κ2) is 11.3. The lowest BCUT2D eigenvalue weighted by Gasteiger charge is -2.11. The summed E-state index contributed by atoms with van der Waals surface area (Å²) in [5, 5.41) is 6.75. The first kappa shape index (κ1) is 23.5. The Morgan fingerprint density at radius 1 is 1.07 bits per heavy atom. The number of pyridine rings is 1. The third-order valence-corrected chi connectivity index (χ3v) is 3.76. The number of guanidine groups is 1. The first-order chi connectivity index (χ1) is 12.4. The average Bonchev–Trinajstić information content (AvgIpc) is 2.61. The largest absolute Gasteiger partial charge is 0.416 e. The van der Waals surface area contributed by atoms with Gasteiger partial charge < -0.3 is 10.6 Å². The van der Waals surface area contributed by atoms with Gasteiger partial charge in [0.05, 0.1) is 12.1 Å². The molecule has 0 unspecified atom stereocenters. The molecule has 0 aliphatic carbocycles. The van der Waals surface area contributed by atoms with Crippen molar-refractivity contribution in [2.75, 3.05) is 13.1 Å². The summed E-state index contributed by atoms with van der Waals surface area (Å²) in [5.41, 5.74) is 1.09. The Morgan fingerprint density at radius 2 is 1.74 bits per heavy atom. The smallest absolute Gasteiger partial charge is 0.357 e. The number of benzene rings is 1. The molecule has 27 heavy (non-hydrogen) atoms. The van der Waals surface area contributed by atoms with Gasteiger partial charge in [0.25, 0.3) is 0 Å². The number of aromatic nitrogens is 1. The Labute approximate surface area is 178 Å². The molecule has 0 saturated heterocycles. The van der Waals surface area contributed by atoms with Crippen molar-refractivity contribution in [3.05, 3.63) is 64.4 Å². The van der Waals surface area contributed by atoms with Gasteiger partial charge in [0, 0.05) is 19.3 Å². The maximum atomic E-state index is 12.6. The third kappa shape index (κ3) is 8.34. The molecule has 0 amide bonds. The minimum Gasteiger partial charge on any atom is -0.357 e. The molecule has 1 aromatic heterocycles. The van der Waals surface area contributed by atoms with Crippen molar-refractivity contribution < 1.29 is 13.2 Å². The van der Waals surface area contributed by atoms with Crippen LogP contribution >= 0.6 is 35.6 Å². The standard InChI is InChI=1S/C18H20ClF3N4.HI/c1-2-23-17(24-10-9-14-5-8-16(19)25-11-14)26-12-13-3-6-15(7-4-13)18(20,21)22;/h3-8,11H,2,9-10,12H2,1H3,(H2,23,24,26);1H. The van der Waals surface area contributed by atoms with Crippen molar-refractivity contribution in [3.8, 4) is 0 Å². The summed E-state index contributed by atoms with van der Waals surface area (Å²) in [6.45, 7) is 3.55. The fraction of sp³-hybridized carbons (Fsp3) is 0.333. The van der Waals surface area contributed by atoms with Crippen LogP contribution in [0.3, 0.4) is 0 Å². The molecule has 1 aromatic carbocycles. The highest BCUT2D eigenvalue weighted by atomic mass is 127. The van der Waals surface area contributed by atoms with Crippen molar-refractivity contribution >= 4 is 41.5 Å². The van der Waals surface area contributed by atoms with Gasteiger partial charge in [-0.3, -0.25) is 0 Å². The number of aliphatic imine (C=N–C) groups is 1. The van der Waals surface area contributed by atoms with E-state index in [-0.39, 0.29) is 30.5 Å². The lowest BCUT2D eigenvalue weighted by Crippen LogP contribution is -2.38. The molecule has 2 aromatic rings. The summed E-state index contributed by atoms with van der Waals surface area (Å²) in [7, 11) is 0. The van der Waals surface area contributed by atoms with Crippen LogP contribution in [0.2, 0.25) is 5.15 Å². The second-order valence-corrected chi connectivity index (χ2v) is 5.94. The van der Waals surface area contributed by atoms with Gasteiger partial charge in [-0.1, -0.05) is 29.8 Å². The zero-order valence-corrected chi connectivity index (χ0v) is 17.8. The van der Waals surface area contributed by atoms with Crippen LogP contribution in [0.25, 0.3) is 0 Å². The zero-order chi connectivity index (χ0) is 19.0. The number of halogens is 5. The van der Waals surface area contributed by atoms with Gasteiger partial charge in [-0.15, -0.1) is 24.0 Å². The Morgan fingerprint density at radius 3 is 2.30 bits per heavy atom. The summed E-state index contributed by atoms with van der Waals surface area (Å²) < 4.78 is 37.7. The molecule has 0 aliphatic rings. The molecule has 148 valence electrons. The summed E-state index contributed by atoms with van der Waals surface area (Å²) in [6, 6.07) is 8.66. The van der Waals surface area contributed by atoms with Crippen LogP contribution in [0.5, 0.6) is 0 Å². The predicted molar refractivity (Wildman–Crippen MR) is 113 cm³/mol. The quantitative estimate of drug-likeness (QED) is 0.256. The molecule has 0 saturated carbocycles. The van der Waals surface area contributed by atoms with E-state index < -0.39 is 11.7 Å². The summed E-state index contributed by atoms with van der Waals surface area (Å²) >= 11 is 5.75. The first-order valence-electron chi connectivity index (χ1n) is 8.17. The highest BCUT2D eigenvalue weighted by Crippen LogP contribution is 2.29. The van der Waals surface area contributed by atoms with E-state index in [1.807, 2.05) is 13.0 Å². The highest BCUT2D eigenvalue weighted by molar-refractivity contribution is 14.0. The van der Waals surface area contributed by atoms with Gasteiger partial charge >= 0.3 is 6.18 Å². The van der Waals surface area contributed by atoms with Crippen LogP contribution in [0.1, 0.15) is 23.6 Å². The number of alkyl halides is 3. The highest BCUT2D eigenvalue weighted by Gasteiger charge is 2.29. The monoisotopic (exact) mass is 512 g/mol. The molecular weight excluding hydrogens is 492 g/mol. The Kier molecular flexibility index (Phi) is 9.86. The molecule has 0 atom stereocenters.